The van der Waals surface area contributed by atoms with Crippen molar-refractivity contribution in [2.75, 3.05) is 6.61 Å². The molecule has 9 heteroatoms. The third kappa shape index (κ3) is 2.15. The predicted octanol–water partition coefficient (Wildman–Crippen LogP) is -2.84. The fraction of sp³-hybridized carbons (Fsp3) is 0.500. The van der Waals surface area contributed by atoms with Crippen molar-refractivity contribution in [3.8, 4) is 0 Å². The Hall–Kier alpha value is -1.78. The van der Waals surface area contributed by atoms with Crippen LogP contribution >= 0.6 is 0 Å². The molecule has 0 saturated carbocycles. The zero-order valence-electron chi connectivity index (χ0n) is 11.1. The van der Waals surface area contributed by atoms with E-state index in [1.54, 1.807) is 0 Å². The summed E-state index contributed by atoms with van der Waals surface area (Å²) in [6.07, 6.45) is -0.545. The maximum atomic E-state index is 12.0. The Kier molecular flexibility index (Phi) is 3.87. The summed E-state index contributed by atoms with van der Waals surface area (Å²) in [4.78, 5) is 25.1. The molecule has 6 N–H and O–H groups in total. The third-order valence-corrected chi connectivity index (χ3v) is 3.59. The molecular formula is C12H17N3O6. The molecule has 1 aromatic heterocycles. The molecule has 2 rings (SSSR count). The van der Waals surface area contributed by atoms with Gasteiger partial charge in [-0.05, 0) is 0 Å². The zero-order chi connectivity index (χ0) is 15.8. The number of nitrogens with one attached hydrogen (secondary N) is 1. The molecule has 1 aliphatic rings. The van der Waals surface area contributed by atoms with Gasteiger partial charge in [-0.25, -0.2) is 4.79 Å². The number of H-pyrrole nitrogens is 1. The lowest BCUT2D eigenvalue weighted by Crippen LogP contribution is -2.65. The van der Waals surface area contributed by atoms with E-state index in [-0.39, 0.29) is 6.42 Å². The maximum Gasteiger partial charge on any atom is 0.330 e. The van der Waals surface area contributed by atoms with E-state index in [2.05, 4.69) is 6.58 Å². The van der Waals surface area contributed by atoms with E-state index in [4.69, 9.17) is 10.5 Å². The number of aromatic amines is 1. The van der Waals surface area contributed by atoms with Gasteiger partial charge < -0.3 is 20.1 Å². The Morgan fingerprint density at radius 3 is 2.71 bits per heavy atom. The van der Waals surface area contributed by atoms with E-state index in [1.165, 1.54) is 6.08 Å². The summed E-state index contributed by atoms with van der Waals surface area (Å²) in [5, 5.41) is 29.7. The summed E-state index contributed by atoms with van der Waals surface area (Å²) in [5.74, 6) is 0. The minimum Gasteiger partial charge on any atom is -0.394 e. The second kappa shape index (κ2) is 5.20. The SMILES string of the molecule is C=CC[C@@]1(n2ccc(=O)[nH]c2=O)O[C@H](CO)[C@@H](O)[C@@]1(N)O. The van der Waals surface area contributed by atoms with Gasteiger partial charge in [0.05, 0.1) is 6.61 Å². The zero-order valence-corrected chi connectivity index (χ0v) is 11.1. The molecule has 0 amide bonds. The summed E-state index contributed by atoms with van der Waals surface area (Å²) in [5.41, 5.74) is -0.0290. The predicted molar refractivity (Wildman–Crippen MR) is 71.2 cm³/mol. The highest BCUT2D eigenvalue weighted by atomic mass is 16.6. The highest BCUT2D eigenvalue weighted by molar-refractivity contribution is 5.10. The van der Waals surface area contributed by atoms with Crippen LogP contribution in [0.1, 0.15) is 6.42 Å². The number of aromatic nitrogens is 2. The number of nitrogens with two attached hydrogens (primary N) is 1. The first-order valence-electron chi connectivity index (χ1n) is 6.21. The molecule has 4 atom stereocenters. The van der Waals surface area contributed by atoms with Gasteiger partial charge in [0.25, 0.3) is 5.56 Å². The molecule has 9 nitrogen and oxygen atoms in total. The molecule has 0 bridgehead atoms. The Labute approximate surface area is 118 Å². The van der Waals surface area contributed by atoms with Crippen LogP contribution in [0.25, 0.3) is 0 Å². The van der Waals surface area contributed by atoms with Crippen molar-refractivity contribution < 1.29 is 20.1 Å². The first-order chi connectivity index (χ1) is 9.80. The van der Waals surface area contributed by atoms with Crippen LogP contribution in [-0.2, 0) is 10.5 Å². The van der Waals surface area contributed by atoms with E-state index in [0.717, 1.165) is 16.8 Å². The van der Waals surface area contributed by atoms with E-state index < -0.39 is 41.5 Å². The van der Waals surface area contributed by atoms with Crippen LogP contribution in [0.2, 0.25) is 0 Å². The molecule has 0 aromatic carbocycles. The number of hydrogen-bond acceptors (Lipinski definition) is 7. The number of aliphatic hydroxyl groups excluding tert-OH is 2. The number of nitrogens with zero attached hydrogens (tertiary/aromatic N) is 1. The van der Waals surface area contributed by atoms with Gasteiger partial charge in [-0.3, -0.25) is 20.1 Å². The normalized spacial score (nSPS) is 35.8. The molecule has 0 spiro atoms. The molecule has 0 unspecified atom stereocenters. The van der Waals surface area contributed by atoms with E-state index >= 15 is 0 Å². The van der Waals surface area contributed by atoms with Crippen molar-refractivity contribution in [3.63, 3.8) is 0 Å². The van der Waals surface area contributed by atoms with Gasteiger partial charge in [0.15, 0.2) is 11.4 Å². The molecule has 0 aliphatic carbocycles. The number of ether oxygens (including phenoxy) is 1. The molecule has 1 aliphatic heterocycles. The minimum absolute atomic E-state index is 0.139. The van der Waals surface area contributed by atoms with Crippen LogP contribution < -0.4 is 17.0 Å². The van der Waals surface area contributed by atoms with Crippen molar-refractivity contribution in [1.29, 1.82) is 0 Å². The van der Waals surface area contributed by atoms with Crippen LogP contribution in [0.3, 0.4) is 0 Å². The Bertz CT molecular complexity index is 651. The summed E-state index contributed by atoms with van der Waals surface area (Å²) >= 11 is 0. The van der Waals surface area contributed by atoms with Gasteiger partial charge in [-0.1, -0.05) is 6.08 Å². The third-order valence-electron chi connectivity index (χ3n) is 3.59. The van der Waals surface area contributed by atoms with Crippen molar-refractivity contribution in [1.82, 2.24) is 9.55 Å². The summed E-state index contributed by atoms with van der Waals surface area (Å²) in [7, 11) is 0. The van der Waals surface area contributed by atoms with Gasteiger partial charge in [0.2, 0.25) is 0 Å². The lowest BCUT2D eigenvalue weighted by atomic mass is 9.92. The van der Waals surface area contributed by atoms with Crippen molar-refractivity contribution in [2.45, 2.75) is 30.1 Å². The van der Waals surface area contributed by atoms with E-state index in [1.807, 2.05) is 4.98 Å². The van der Waals surface area contributed by atoms with Crippen LogP contribution in [-0.4, -0.2) is 49.4 Å². The largest absolute Gasteiger partial charge is 0.394 e. The minimum atomic E-state index is -2.38. The van der Waals surface area contributed by atoms with Crippen LogP contribution in [0, 0.1) is 0 Å². The number of rotatable bonds is 4. The fourth-order valence-electron chi connectivity index (χ4n) is 2.52. The highest BCUT2D eigenvalue weighted by Crippen LogP contribution is 2.42. The Balaban J connectivity index is 2.69. The van der Waals surface area contributed by atoms with Crippen molar-refractivity contribution >= 4 is 0 Å². The molecule has 1 fully saturated rings. The quantitative estimate of drug-likeness (QED) is 0.297. The monoisotopic (exact) mass is 299 g/mol. The van der Waals surface area contributed by atoms with Gasteiger partial charge >= 0.3 is 5.69 Å². The van der Waals surface area contributed by atoms with E-state index in [0.29, 0.717) is 0 Å². The van der Waals surface area contributed by atoms with Crippen molar-refractivity contribution in [2.24, 2.45) is 5.73 Å². The lowest BCUT2D eigenvalue weighted by molar-refractivity contribution is -0.194. The van der Waals surface area contributed by atoms with Gasteiger partial charge in [0.1, 0.15) is 12.2 Å². The molecule has 1 aromatic rings. The molecular weight excluding hydrogens is 282 g/mol. The first kappa shape index (κ1) is 15.6. The number of hydrogen-bond donors (Lipinski definition) is 5. The van der Waals surface area contributed by atoms with E-state index in [9.17, 15) is 24.9 Å². The second-order valence-corrected chi connectivity index (χ2v) is 4.87. The highest BCUT2D eigenvalue weighted by Gasteiger charge is 2.64. The molecule has 21 heavy (non-hydrogen) atoms. The standard InChI is InChI=1S/C12H17N3O6/c1-2-4-11(15-5-3-8(17)14-10(15)19)12(13,20)9(18)7(6-16)21-11/h2-3,5,7,9,16,18,20H,1,4,6,13H2,(H,14,17,19)/t7-,9-,11-,12-/m1/s1. The molecule has 0 radical (unpaired) electrons. The second-order valence-electron chi connectivity index (χ2n) is 4.87. The Morgan fingerprint density at radius 2 is 2.24 bits per heavy atom. The van der Waals surface area contributed by atoms with Crippen LogP contribution in [0.15, 0.2) is 34.5 Å². The fourth-order valence-corrected chi connectivity index (χ4v) is 2.52. The maximum absolute atomic E-state index is 12.0. The molecule has 2 heterocycles. The van der Waals surface area contributed by atoms with Gasteiger partial charge in [-0.15, -0.1) is 6.58 Å². The molecule has 116 valence electrons. The number of aliphatic hydroxyl groups is 3. The lowest BCUT2D eigenvalue weighted by Gasteiger charge is -2.39. The average molecular weight is 299 g/mol. The topological polar surface area (TPSA) is 151 Å². The summed E-state index contributed by atoms with van der Waals surface area (Å²) < 4.78 is 6.34. The first-order valence-corrected chi connectivity index (χ1v) is 6.21. The van der Waals surface area contributed by atoms with Gasteiger partial charge in [-0.2, -0.15) is 0 Å². The van der Waals surface area contributed by atoms with Crippen LogP contribution in [0.4, 0.5) is 0 Å². The Morgan fingerprint density at radius 1 is 1.57 bits per heavy atom. The summed E-state index contributed by atoms with van der Waals surface area (Å²) in [6.45, 7) is 2.89. The molecule has 1 saturated heterocycles. The van der Waals surface area contributed by atoms with Gasteiger partial charge in [0, 0.05) is 18.7 Å². The summed E-state index contributed by atoms with van der Waals surface area (Å²) in [6, 6.07) is 1.05. The average Bonchev–Trinajstić information content (AvgIpc) is 2.60. The smallest absolute Gasteiger partial charge is 0.330 e. The van der Waals surface area contributed by atoms with Crippen molar-refractivity contribution in [3.05, 3.63) is 45.8 Å². The van der Waals surface area contributed by atoms with Crippen LogP contribution in [0.5, 0.6) is 0 Å².